The number of aromatic nitrogens is 4. The monoisotopic (exact) mass is 259 g/mol. The van der Waals surface area contributed by atoms with Gasteiger partial charge in [-0.2, -0.15) is 9.50 Å². The molecule has 0 amide bonds. The fourth-order valence-electron chi connectivity index (χ4n) is 2.77. The summed E-state index contributed by atoms with van der Waals surface area (Å²) in [5.74, 6) is 2.53. The van der Waals surface area contributed by atoms with Crippen LogP contribution in [0.4, 0.5) is 0 Å². The van der Waals surface area contributed by atoms with Gasteiger partial charge in [0.25, 0.3) is 11.3 Å². The maximum Gasteiger partial charge on any atom is 0.274 e. The lowest BCUT2D eigenvalue weighted by molar-refractivity contribution is 0.570. The molecule has 2 fully saturated rings. The fourth-order valence-corrected chi connectivity index (χ4v) is 2.77. The summed E-state index contributed by atoms with van der Waals surface area (Å²) >= 11 is 0. The predicted molar refractivity (Wildman–Crippen MR) is 70.3 cm³/mol. The van der Waals surface area contributed by atoms with Gasteiger partial charge in [-0.05, 0) is 44.7 Å². The molecular weight excluding hydrogens is 242 g/mol. The van der Waals surface area contributed by atoms with E-state index < -0.39 is 0 Å². The van der Waals surface area contributed by atoms with E-state index in [-0.39, 0.29) is 5.56 Å². The maximum absolute atomic E-state index is 12.1. The summed E-state index contributed by atoms with van der Waals surface area (Å²) in [5, 5.41) is 6.40. The van der Waals surface area contributed by atoms with Gasteiger partial charge in [0, 0.05) is 12.0 Å². The van der Waals surface area contributed by atoms with Gasteiger partial charge in [0.15, 0.2) is 0 Å². The van der Waals surface area contributed by atoms with Crippen molar-refractivity contribution in [3.63, 3.8) is 0 Å². The van der Waals surface area contributed by atoms with Gasteiger partial charge < -0.3 is 5.32 Å². The van der Waals surface area contributed by atoms with Crippen LogP contribution >= 0.6 is 0 Å². The van der Waals surface area contributed by atoms with Crippen molar-refractivity contribution in [3.8, 4) is 0 Å². The van der Waals surface area contributed by atoms with E-state index in [9.17, 15) is 4.79 Å². The summed E-state index contributed by atoms with van der Waals surface area (Å²) in [6.45, 7) is 2.09. The van der Waals surface area contributed by atoms with E-state index in [0.717, 1.165) is 50.3 Å². The largest absolute Gasteiger partial charge is 0.316 e. The first-order valence-electron chi connectivity index (χ1n) is 6.99. The van der Waals surface area contributed by atoms with Crippen LogP contribution in [0.15, 0.2) is 10.9 Å². The summed E-state index contributed by atoms with van der Waals surface area (Å²) in [6, 6.07) is 1.64. The molecule has 4 rings (SSSR count). The van der Waals surface area contributed by atoms with E-state index in [1.165, 1.54) is 4.52 Å². The highest BCUT2D eigenvalue weighted by Gasteiger charge is 2.27. The Morgan fingerprint density at radius 2 is 2.21 bits per heavy atom. The zero-order valence-electron chi connectivity index (χ0n) is 10.7. The van der Waals surface area contributed by atoms with E-state index in [1.807, 2.05) is 0 Å². The van der Waals surface area contributed by atoms with Gasteiger partial charge >= 0.3 is 0 Å². The van der Waals surface area contributed by atoms with Gasteiger partial charge in [0.2, 0.25) is 0 Å². The second-order valence-electron chi connectivity index (χ2n) is 5.67. The quantitative estimate of drug-likeness (QED) is 0.839. The molecule has 100 valence electrons. The molecule has 2 aromatic rings. The summed E-state index contributed by atoms with van der Waals surface area (Å²) in [5.41, 5.74) is 0.818. The Morgan fingerprint density at radius 3 is 2.95 bits per heavy atom. The SMILES string of the molecule is O=c1cc(CC2CCNC2)nc2nc(C3CC3)[nH]n12. The van der Waals surface area contributed by atoms with Gasteiger partial charge in [-0.15, -0.1) is 0 Å². The molecule has 0 bridgehead atoms. The first-order valence-corrected chi connectivity index (χ1v) is 6.99. The lowest BCUT2D eigenvalue weighted by Gasteiger charge is -2.06. The van der Waals surface area contributed by atoms with Crippen LogP contribution in [0.3, 0.4) is 0 Å². The smallest absolute Gasteiger partial charge is 0.274 e. The number of hydrogen-bond donors (Lipinski definition) is 2. The van der Waals surface area contributed by atoms with Crippen LogP contribution in [0.2, 0.25) is 0 Å². The van der Waals surface area contributed by atoms with Crippen LogP contribution in [0.25, 0.3) is 5.78 Å². The number of nitrogens with one attached hydrogen (secondary N) is 2. The molecule has 0 radical (unpaired) electrons. The van der Waals surface area contributed by atoms with Crippen LogP contribution in [-0.2, 0) is 6.42 Å². The topological polar surface area (TPSA) is 75.1 Å². The van der Waals surface area contributed by atoms with Crippen molar-refractivity contribution < 1.29 is 0 Å². The van der Waals surface area contributed by atoms with Crippen molar-refractivity contribution >= 4 is 5.78 Å². The first kappa shape index (κ1) is 11.2. The fraction of sp³-hybridized carbons (Fsp3) is 0.615. The third-order valence-electron chi connectivity index (χ3n) is 4.03. The highest BCUT2D eigenvalue weighted by Crippen LogP contribution is 2.37. The minimum Gasteiger partial charge on any atom is -0.316 e. The zero-order chi connectivity index (χ0) is 12.8. The van der Waals surface area contributed by atoms with Crippen LogP contribution in [0, 0.1) is 5.92 Å². The average molecular weight is 259 g/mol. The molecule has 3 heterocycles. The number of nitrogens with zero attached hydrogens (tertiary/aromatic N) is 3. The van der Waals surface area contributed by atoms with E-state index in [4.69, 9.17) is 0 Å². The molecule has 1 aliphatic carbocycles. The Balaban J connectivity index is 1.69. The number of rotatable bonds is 3. The zero-order valence-corrected chi connectivity index (χ0v) is 10.7. The van der Waals surface area contributed by atoms with Gasteiger partial charge in [-0.1, -0.05) is 0 Å². The van der Waals surface area contributed by atoms with Crippen LogP contribution < -0.4 is 10.9 Å². The van der Waals surface area contributed by atoms with Crippen molar-refractivity contribution in [1.29, 1.82) is 0 Å². The number of aromatic amines is 1. The van der Waals surface area contributed by atoms with E-state index in [1.54, 1.807) is 6.07 Å². The molecule has 1 unspecified atom stereocenters. The average Bonchev–Trinajstić information content (AvgIpc) is 2.94. The summed E-state index contributed by atoms with van der Waals surface area (Å²) in [4.78, 5) is 21.0. The highest BCUT2D eigenvalue weighted by molar-refractivity contribution is 5.29. The van der Waals surface area contributed by atoms with E-state index in [2.05, 4.69) is 20.4 Å². The summed E-state index contributed by atoms with van der Waals surface area (Å²) in [7, 11) is 0. The molecule has 0 aromatic carbocycles. The predicted octanol–water partition coefficient (Wildman–Crippen LogP) is 0.447. The molecule has 1 atom stereocenters. The molecule has 2 aromatic heterocycles. The number of H-pyrrole nitrogens is 1. The molecule has 2 N–H and O–H groups in total. The molecule has 1 saturated heterocycles. The molecule has 6 heteroatoms. The minimum absolute atomic E-state index is 0.0506. The van der Waals surface area contributed by atoms with Crippen LogP contribution in [-0.4, -0.2) is 32.7 Å². The minimum atomic E-state index is -0.0506. The van der Waals surface area contributed by atoms with Crippen molar-refractivity contribution in [1.82, 2.24) is 24.9 Å². The van der Waals surface area contributed by atoms with Gasteiger partial charge in [0.1, 0.15) is 5.82 Å². The summed E-state index contributed by atoms with van der Waals surface area (Å²) in [6.07, 6.45) is 4.35. The van der Waals surface area contributed by atoms with Crippen molar-refractivity contribution in [3.05, 3.63) is 27.9 Å². The van der Waals surface area contributed by atoms with E-state index >= 15 is 0 Å². The van der Waals surface area contributed by atoms with Crippen molar-refractivity contribution in [2.45, 2.75) is 31.6 Å². The van der Waals surface area contributed by atoms with Crippen LogP contribution in [0.5, 0.6) is 0 Å². The van der Waals surface area contributed by atoms with Gasteiger partial charge in [-0.25, -0.2) is 4.98 Å². The second-order valence-corrected chi connectivity index (χ2v) is 5.67. The standard InChI is InChI=1S/C13H17N5O/c19-11-6-10(5-8-3-4-14-7-8)15-13-16-12(9-1-2-9)17-18(11)13/h6,8-9,14H,1-5,7H2,(H,15,16,17). The number of hydrogen-bond acceptors (Lipinski definition) is 4. The second kappa shape index (κ2) is 4.16. The Morgan fingerprint density at radius 1 is 1.32 bits per heavy atom. The third-order valence-corrected chi connectivity index (χ3v) is 4.03. The molecule has 2 aliphatic rings. The lowest BCUT2D eigenvalue weighted by Crippen LogP contribution is -2.18. The van der Waals surface area contributed by atoms with Crippen molar-refractivity contribution in [2.24, 2.45) is 5.92 Å². The molecule has 19 heavy (non-hydrogen) atoms. The Bertz CT molecular complexity index is 663. The molecular formula is C13H17N5O. The molecule has 6 nitrogen and oxygen atoms in total. The lowest BCUT2D eigenvalue weighted by atomic mass is 10.0. The van der Waals surface area contributed by atoms with Crippen LogP contribution in [0.1, 0.15) is 36.7 Å². The molecule has 1 saturated carbocycles. The normalized spacial score (nSPS) is 23.3. The first-order chi connectivity index (χ1) is 9.29. The van der Waals surface area contributed by atoms with Gasteiger partial charge in [0.05, 0.1) is 5.69 Å². The maximum atomic E-state index is 12.1. The van der Waals surface area contributed by atoms with E-state index in [0.29, 0.717) is 17.6 Å². The Labute approximate surface area is 110 Å². The van der Waals surface area contributed by atoms with Crippen molar-refractivity contribution in [2.75, 3.05) is 13.1 Å². The number of fused-ring (bicyclic) bond motifs is 1. The summed E-state index contributed by atoms with van der Waals surface area (Å²) < 4.78 is 1.46. The molecule has 0 spiro atoms. The third kappa shape index (κ3) is 2.06. The van der Waals surface area contributed by atoms with Gasteiger partial charge in [-0.3, -0.25) is 9.89 Å². The highest BCUT2D eigenvalue weighted by atomic mass is 16.1. The molecule has 1 aliphatic heterocycles. The Kier molecular flexibility index (Phi) is 2.44. The Hall–Kier alpha value is -1.69.